The molecule has 5 nitrogen and oxygen atoms in total. The van der Waals surface area contributed by atoms with E-state index in [4.69, 9.17) is 0 Å². The minimum Gasteiger partial charge on any atom is -0.376 e. The Morgan fingerprint density at radius 2 is 0.625 bits per heavy atom. The summed E-state index contributed by atoms with van der Waals surface area (Å²) in [5.74, 6) is 0. The highest BCUT2D eigenvalue weighted by molar-refractivity contribution is 6.92. The fourth-order valence-electron chi connectivity index (χ4n) is 9.58. The zero-order valence-corrected chi connectivity index (χ0v) is 30.7. The number of hydrogen-bond donors (Lipinski definition) is 0. The van der Waals surface area contributed by atoms with Crippen molar-refractivity contribution in [2.75, 3.05) is 37.7 Å². The maximum absolute atomic E-state index is 2.60. The fourth-order valence-corrected chi connectivity index (χ4v) is 9.58. The molecule has 4 aliphatic rings. The smallest absolute Gasteiger partial charge is 0.329 e. The topological polar surface area (TPSA) is 16.2 Å². The number of anilines is 10. The summed E-state index contributed by atoms with van der Waals surface area (Å²) in [6, 6.07) is 71.3. The van der Waals surface area contributed by atoms with Gasteiger partial charge in [0, 0.05) is 45.3 Å². The van der Waals surface area contributed by atoms with Crippen LogP contribution in [0.15, 0.2) is 194 Å². The van der Waals surface area contributed by atoms with Crippen molar-refractivity contribution in [1.82, 2.24) is 0 Å². The third-order valence-corrected chi connectivity index (χ3v) is 12.1. The van der Waals surface area contributed by atoms with Gasteiger partial charge in [-0.3, -0.25) is 0 Å². The number of benzene rings is 8. The maximum Gasteiger partial charge on any atom is 0.329 e. The number of rotatable bonds is 4. The van der Waals surface area contributed by atoms with Gasteiger partial charge in [-0.25, -0.2) is 0 Å². The van der Waals surface area contributed by atoms with Crippen molar-refractivity contribution < 1.29 is 0 Å². The minimum atomic E-state index is -0.0316. The zero-order chi connectivity index (χ0) is 36.7. The van der Waals surface area contributed by atoms with Gasteiger partial charge in [0.1, 0.15) is 13.3 Å². The molecule has 4 aliphatic heterocycles. The maximum atomic E-state index is 2.60. The van der Waals surface area contributed by atoms with Crippen LogP contribution in [0.25, 0.3) is 22.3 Å². The summed E-state index contributed by atoms with van der Waals surface area (Å²) in [6.07, 6.45) is 0. The van der Waals surface area contributed by atoms with Gasteiger partial charge in [-0.05, 0) is 107 Å². The highest BCUT2D eigenvalue weighted by atomic mass is 15.4. The molecule has 12 rings (SSSR count). The van der Waals surface area contributed by atoms with Gasteiger partial charge in [0.25, 0.3) is 0 Å². The van der Waals surface area contributed by atoms with Crippen molar-refractivity contribution in [1.29, 1.82) is 0 Å². The van der Waals surface area contributed by atoms with Gasteiger partial charge < -0.3 is 24.4 Å². The molecular weight excluding hydrogens is 681 g/mol. The van der Waals surface area contributed by atoms with Crippen molar-refractivity contribution in [3.63, 3.8) is 0 Å². The van der Waals surface area contributed by atoms with E-state index in [9.17, 15) is 0 Å². The Morgan fingerprint density at radius 3 is 1.04 bits per heavy atom. The molecule has 0 saturated carbocycles. The van der Waals surface area contributed by atoms with Gasteiger partial charge in [-0.2, -0.15) is 0 Å². The van der Waals surface area contributed by atoms with E-state index in [1.165, 1.54) is 90.1 Å². The second-order valence-corrected chi connectivity index (χ2v) is 15.0. The Morgan fingerprint density at radius 1 is 0.286 bits per heavy atom. The Hall–Kier alpha value is -7.18. The van der Waals surface area contributed by atoms with E-state index in [0.717, 1.165) is 13.3 Å². The van der Waals surface area contributed by atoms with Gasteiger partial charge in [0.2, 0.25) is 0 Å². The van der Waals surface area contributed by atoms with Gasteiger partial charge in [-0.15, -0.1) is 0 Å². The molecule has 6 heteroatoms. The van der Waals surface area contributed by atoms with E-state index in [2.05, 4.69) is 219 Å². The Balaban J connectivity index is 1.04. The minimum absolute atomic E-state index is 0.0316. The van der Waals surface area contributed by atoms with Crippen LogP contribution in [0.4, 0.5) is 56.9 Å². The van der Waals surface area contributed by atoms with Crippen molar-refractivity contribution in [3.8, 4) is 22.3 Å². The van der Waals surface area contributed by atoms with E-state index in [0.29, 0.717) is 0 Å². The van der Waals surface area contributed by atoms with Crippen LogP contribution in [0.1, 0.15) is 0 Å². The first-order valence-corrected chi connectivity index (χ1v) is 19.4. The van der Waals surface area contributed by atoms with Crippen molar-refractivity contribution in [3.05, 3.63) is 194 Å². The van der Waals surface area contributed by atoms with Gasteiger partial charge in [0.15, 0.2) is 0 Å². The molecule has 0 N–H and O–H groups in total. The molecule has 0 bridgehead atoms. The molecule has 0 atom stereocenters. The molecule has 0 saturated heterocycles. The van der Waals surface area contributed by atoms with Gasteiger partial charge in [-0.1, -0.05) is 109 Å². The molecule has 0 radical (unpaired) electrons. The van der Waals surface area contributed by atoms with Crippen molar-refractivity contribution >= 4 is 74.6 Å². The molecule has 56 heavy (non-hydrogen) atoms. The zero-order valence-electron chi connectivity index (χ0n) is 30.7. The van der Waals surface area contributed by atoms with Crippen LogP contribution < -0.4 is 35.3 Å². The molecule has 0 amide bonds. The van der Waals surface area contributed by atoms with Gasteiger partial charge >= 0.3 is 6.85 Å². The SMILES string of the molecule is c1ccc(N2CN(c3ccc4c(c3)B3c5cc(N6CN(c7ccccc7)c7ccccc76)ccc5-c5ccccc5N3c3ccccc3-4)c3ccccc32)cc1. The monoisotopic (exact) mass is 717 g/mol. The van der Waals surface area contributed by atoms with Crippen molar-refractivity contribution in [2.24, 2.45) is 0 Å². The molecule has 0 aliphatic carbocycles. The molecule has 0 aromatic heterocycles. The highest BCUT2D eigenvalue weighted by Crippen LogP contribution is 2.49. The molecule has 0 fully saturated rings. The quantitative estimate of drug-likeness (QED) is 0.168. The molecule has 8 aromatic rings. The lowest BCUT2D eigenvalue weighted by atomic mass is 9.43. The van der Waals surface area contributed by atoms with E-state index in [-0.39, 0.29) is 6.85 Å². The van der Waals surface area contributed by atoms with E-state index in [1.54, 1.807) is 0 Å². The van der Waals surface area contributed by atoms with Crippen LogP contribution in [0, 0.1) is 0 Å². The second-order valence-electron chi connectivity index (χ2n) is 15.0. The molecular formula is C50H36BN5. The van der Waals surface area contributed by atoms with Crippen LogP contribution >= 0.6 is 0 Å². The molecule has 0 spiro atoms. The molecule has 264 valence electrons. The first kappa shape index (κ1) is 31.2. The number of fused-ring (bicyclic) bond motifs is 13. The lowest BCUT2D eigenvalue weighted by Crippen LogP contribution is -2.59. The van der Waals surface area contributed by atoms with Crippen LogP contribution in [0.5, 0.6) is 0 Å². The third-order valence-electron chi connectivity index (χ3n) is 12.1. The van der Waals surface area contributed by atoms with E-state index >= 15 is 0 Å². The second kappa shape index (κ2) is 12.2. The normalized spacial score (nSPS) is 14.4. The summed E-state index contributed by atoms with van der Waals surface area (Å²) >= 11 is 0. The Bertz CT molecular complexity index is 2630. The number of nitrogens with zero attached hydrogens (tertiary/aromatic N) is 5. The summed E-state index contributed by atoms with van der Waals surface area (Å²) in [5.41, 5.74) is 19.9. The average molecular weight is 718 g/mol. The Kier molecular flexibility index (Phi) is 6.78. The Labute approximate surface area is 327 Å². The van der Waals surface area contributed by atoms with Crippen LogP contribution in [0.2, 0.25) is 0 Å². The van der Waals surface area contributed by atoms with Gasteiger partial charge in [0.05, 0.1) is 22.7 Å². The summed E-state index contributed by atoms with van der Waals surface area (Å²) in [7, 11) is 0. The largest absolute Gasteiger partial charge is 0.376 e. The molecule has 0 unspecified atom stereocenters. The first-order valence-electron chi connectivity index (χ1n) is 19.4. The summed E-state index contributed by atoms with van der Waals surface area (Å²) in [6.45, 7) is 1.45. The highest BCUT2D eigenvalue weighted by Gasteiger charge is 2.43. The van der Waals surface area contributed by atoms with Crippen LogP contribution in [-0.4, -0.2) is 20.2 Å². The number of hydrogen-bond acceptors (Lipinski definition) is 5. The lowest BCUT2D eigenvalue weighted by Gasteiger charge is -2.44. The molecule has 8 aromatic carbocycles. The van der Waals surface area contributed by atoms with Crippen LogP contribution in [0.3, 0.4) is 0 Å². The summed E-state index contributed by atoms with van der Waals surface area (Å²) in [4.78, 5) is 12.4. The standard InChI is InChI=1S/C50H36BN5/c1-3-15-35(16-4-1)52-33-54(49-25-13-11-23-47(49)52)37-27-29-39-41-19-7-9-21-45(41)56-46-22-10-8-20-42(46)40-30-28-38(32-44(40)51(56)43(39)31-37)55-34-53(36-17-5-2-6-18-36)48-24-12-14-26-50(48)55/h1-32H,33-34H2. The predicted molar refractivity (Wildman–Crippen MR) is 235 cm³/mol. The fraction of sp³-hybridized carbons (Fsp3) is 0.0400. The lowest BCUT2D eigenvalue weighted by molar-refractivity contribution is 0.991. The first-order chi connectivity index (χ1) is 27.8. The molecule has 4 heterocycles. The third kappa shape index (κ3) is 4.56. The van der Waals surface area contributed by atoms with E-state index in [1.807, 2.05) is 0 Å². The summed E-state index contributed by atoms with van der Waals surface area (Å²) in [5, 5.41) is 0. The van der Waals surface area contributed by atoms with Crippen LogP contribution in [-0.2, 0) is 0 Å². The van der Waals surface area contributed by atoms with E-state index < -0.39 is 0 Å². The average Bonchev–Trinajstić information content (AvgIpc) is 3.86. The predicted octanol–water partition coefficient (Wildman–Crippen LogP) is 11.1. The summed E-state index contributed by atoms with van der Waals surface area (Å²) < 4.78 is 0. The van der Waals surface area contributed by atoms with Crippen molar-refractivity contribution in [2.45, 2.75) is 0 Å². The number of para-hydroxylation sites is 8.